The minimum Gasteiger partial charge on any atom is -0.481 e. The zero-order valence-corrected chi connectivity index (χ0v) is 12.4. The molecule has 110 valence electrons. The van der Waals surface area contributed by atoms with Crippen molar-refractivity contribution < 1.29 is 14.3 Å². The fraction of sp³-hybridized carbons (Fsp3) is 0.235. The van der Waals surface area contributed by atoms with E-state index in [1.54, 1.807) is 31.2 Å². The molecule has 0 aliphatic carbocycles. The van der Waals surface area contributed by atoms with Crippen molar-refractivity contribution in [1.82, 2.24) is 0 Å². The predicted octanol–water partition coefficient (Wildman–Crippen LogP) is 4.27. The second-order valence-corrected chi connectivity index (χ2v) is 5.58. The van der Waals surface area contributed by atoms with Gasteiger partial charge in [0.15, 0.2) is 0 Å². The molecular weight excluding hydrogens is 291 g/mol. The van der Waals surface area contributed by atoms with Crippen molar-refractivity contribution in [3.8, 4) is 0 Å². The summed E-state index contributed by atoms with van der Waals surface area (Å²) in [4.78, 5) is 11.5. The standard InChI is InChI=1S/C17H16ClFO2/c1-11-7-16(19)6-5-13(11)10-14(17(20)21)8-12-3-2-4-15(18)9-12/h2-7,9,14H,8,10H2,1H3,(H,20,21). The van der Waals surface area contributed by atoms with Crippen molar-refractivity contribution in [1.29, 1.82) is 0 Å². The number of aliphatic carboxylic acids is 1. The molecule has 1 unspecified atom stereocenters. The number of carbonyl (C=O) groups is 1. The number of rotatable bonds is 5. The van der Waals surface area contributed by atoms with Gasteiger partial charge in [0.05, 0.1) is 5.92 Å². The van der Waals surface area contributed by atoms with Gasteiger partial charge < -0.3 is 5.11 Å². The molecule has 0 radical (unpaired) electrons. The normalized spacial score (nSPS) is 12.1. The van der Waals surface area contributed by atoms with E-state index in [1.165, 1.54) is 12.1 Å². The minimum atomic E-state index is -0.862. The zero-order valence-electron chi connectivity index (χ0n) is 11.6. The van der Waals surface area contributed by atoms with Crippen molar-refractivity contribution in [2.45, 2.75) is 19.8 Å². The van der Waals surface area contributed by atoms with Crippen LogP contribution in [0.2, 0.25) is 5.02 Å². The summed E-state index contributed by atoms with van der Waals surface area (Å²) in [6.45, 7) is 1.79. The molecule has 1 atom stereocenters. The van der Waals surface area contributed by atoms with Gasteiger partial charge in [0.2, 0.25) is 0 Å². The van der Waals surface area contributed by atoms with E-state index in [9.17, 15) is 14.3 Å². The van der Waals surface area contributed by atoms with Gasteiger partial charge in [-0.25, -0.2) is 4.39 Å². The highest BCUT2D eigenvalue weighted by Gasteiger charge is 2.19. The highest BCUT2D eigenvalue weighted by Crippen LogP contribution is 2.20. The molecule has 1 N–H and O–H groups in total. The van der Waals surface area contributed by atoms with Gasteiger partial charge in [0.25, 0.3) is 0 Å². The summed E-state index contributed by atoms with van der Waals surface area (Å²) in [7, 11) is 0. The van der Waals surface area contributed by atoms with Gasteiger partial charge in [-0.3, -0.25) is 4.79 Å². The van der Waals surface area contributed by atoms with Crippen molar-refractivity contribution in [3.63, 3.8) is 0 Å². The summed E-state index contributed by atoms with van der Waals surface area (Å²) in [6.07, 6.45) is 0.765. The van der Waals surface area contributed by atoms with E-state index >= 15 is 0 Å². The van der Waals surface area contributed by atoms with Crippen LogP contribution in [0.15, 0.2) is 42.5 Å². The van der Waals surface area contributed by atoms with Crippen LogP contribution < -0.4 is 0 Å². The Kier molecular flexibility index (Phi) is 4.97. The summed E-state index contributed by atoms with van der Waals surface area (Å²) >= 11 is 5.92. The first kappa shape index (κ1) is 15.5. The van der Waals surface area contributed by atoms with Crippen LogP contribution in [0, 0.1) is 18.7 Å². The molecule has 0 bridgehead atoms. The Balaban J connectivity index is 2.18. The van der Waals surface area contributed by atoms with Crippen LogP contribution in [0.3, 0.4) is 0 Å². The lowest BCUT2D eigenvalue weighted by atomic mass is 9.91. The molecule has 0 fully saturated rings. The third-order valence-electron chi connectivity index (χ3n) is 3.49. The van der Waals surface area contributed by atoms with E-state index in [-0.39, 0.29) is 5.82 Å². The Labute approximate surface area is 128 Å². The van der Waals surface area contributed by atoms with Crippen LogP contribution in [0.5, 0.6) is 0 Å². The van der Waals surface area contributed by atoms with E-state index in [0.717, 1.165) is 16.7 Å². The number of hydrogen-bond acceptors (Lipinski definition) is 1. The van der Waals surface area contributed by atoms with Gasteiger partial charge in [0, 0.05) is 5.02 Å². The number of hydrogen-bond donors (Lipinski definition) is 1. The monoisotopic (exact) mass is 306 g/mol. The van der Waals surface area contributed by atoms with Crippen LogP contribution in [0.1, 0.15) is 16.7 Å². The van der Waals surface area contributed by atoms with Gasteiger partial charge in [0.1, 0.15) is 5.82 Å². The van der Waals surface area contributed by atoms with Crippen LogP contribution in [-0.2, 0) is 17.6 Å². The van der Waals surface area contributed by atoms with Gasteiger partial charge in [-0.15, -0.1) is 0 Å². The smallest absolute Gasteiger partial charge is 0.307 e. The summed E-state index contributed by atoms with van der Waals surface area (Å²) in [5.74, 6) is -1.73. The summed E-state index contributed by atoms with van der Waals surface area (Å²) in [6, 6.07) is 11.6. The molecule has 21 heavy (non-hydrogen) atoms. The molecule has 0 saturated heterocycles. The SMILES string of the molecule is Cc1cc(F)ccc1CC(Cc1cccc(Cl)c1)C(=O)O. The predicted molar refractivity (Wildman–Crippen MR) is 81.1 cm³/mol. The first-order valence-electron chi connectivity index (χ1n) is 6.68. The fourth-order valence-corrected chi connectivity index (χ4v) is 2.56. The maximum atomic E-state index is 13.1. The number of carboxylic acid groups (broad SMARTS) is 1. The van der Waals surface area contributed by atoms with E-state index < -0.39 is 11.9 Å². The Morgan fingerprint density at radius 2 is 2.00 bits per heavy atom. The molecule has 0 saturated carbocycles. The Morgan fingerprint density at radius 3 is 2.62 bits per heavy atom. The van der Waals surface area contributed by atoms with Gasteiger partial charge in [-0.2, -0.15) is 0 Å². The lowest BCUT2D eigenvalue weighted by Gasteiger charge is -2.14. The highest BCUT2D eigenvalue weighted by atomic mass is 35.5. The Hall–Kier alpha value is -1.87. The molecule has 0 spiro atoms. The van der Waals surface area contributed by atoms with Crippen LogP contribution in [-0.4, -0.2) is 11.1 Å². The molecule has 0 heterocycles. The van der Waals surface area contributed by atoms with E-state index in [4.69, 9.17) is 11.6 Å². The quantitative estimate of drug-likeness (QED) is 0.895. The summed E-state index contributed by atoms with van der Waals surface area (Å²) < 4.78 is 13.1. The average Bonchev–Trinajstić information content (AvgIpc) is 2.40. The number of carboxylic acids is 1. The Morgan fingerprint density at radius 1 is 1.24 bits per heavy atom. The summed E-state index contributed by atoms with van der Waals surface area (Å²) in [5, 5.41) is 10.00. The molecule has 0 aromatic heterocycles. The second-order valence-electron chi connectivity index (χ2n) is 5.14. The molecule has 0 amide bonds. The molecular formula is C17H16ClFO2. The molecule has 2 nitrogen and oxygen atoms in total. The van der Waals surface area contributed by atoms with Crippen molar-refractivity contribution in [2.75, 3.05) is 0 Å². The molecule has 2 rings (SSSR count). The van der Waals surface area contributed by atoms with Gasteiger partial charge in [-0.1, -0.05) is 29.8 Å². The van der Waals surface area contributed by atoms with Crippen LogP contribution in [0.4, 0.5) is 4.39 Å². The third kappa shape index (κ3) is 4.30. The molecule has 0 aliphatic rings. The lowest BCUT2D eigenvalue weighted by molar-refractivity contribution is -0.141. The van der Waals surface area contributed by atoms with Crippen LogP contribution in [0.25, 0.3) is 0 Å². The highest BCUT2D eigenvalue weighted by molar-refractivity contribution is 6.30. The average molecular weight is 307 g/mol. The van der Waals surface area contributed by atoms with Gasteiger partial charge >= 0.3 is 5.97 Å². The topological polar surface area (TPSA) is 37.3 Å². The Bertz CT molecular complexity index is 655. The largest absolute Gasteiger partial charge is 0.481 e. The number of aryl methyl sites for hydroxylation is 1. The molecule has 2 aromatic carbocycles. The minimum absolute atomic E-state index is 0.307. The molecule has 4 heteroatoms. The van der Waals surface area contributed by atoms with Crippen molar-refractivity contribution >= 4 is 17.6 Å². The first-order chi connectivity index (χ1) is 9.95. The van der Waals surface area contributed by atoms with E-state index in [0.29, 0.717) is 17.9 Å². The van der Waals surface area contributed by atoms with E-state index in [1.807, 2.05) is 6.07 Å². The lowest BCUT2D eigenvalue weighted by Crippen LogP contribution is -2.19. The first-order valence-corrected chi connectivity index (χ1v) is 7.06. The molecule has 2 aromatic rings. The second kappa shape index (κ2) is 6.72. The van der Waals surface area contributed by atoms with Crippen molar-refractivity contribution in [2.24, 2.45) is 5.92 Å². The maximum absolute atomic E-state index is 13.1. The summed E-state index contributed by atoms with van der Waals surface area (Å²) in [5.41, 5.74) is 2.51. The number of halogens is 2. The number of benzene rings is 2. The van der Waals surface area contributed by atoms with Gasteiger partial charge in [-0.05, 0) is 60.7 Å². The molecule has 0 aliphatic heterocycles. The zero-order chi connectivity index (χ0) is 15.4. The maximum Gasteiger partial charge on any atom is 0.307 e. The third-order valence-corrected chi connectivity index (χ3v) is 3.73. The van der Waals surface area contributed by atoms with Crippen molar-refractivity contribution in [3.05, 3.63) is 70.0 Å². The fourth-order valence-electron chi connectivity index (χ4n) is 2.35. The van der Waals surface area contributed by atoms with Crippen LogP contribution >= 0.6 is 11.6 Å². The van der Waals surface area contributed by atoms with E-state index in [2.05, 4.69) is 0 Å².